The fraction of sp³-hybridized carbons (Fsp3) is 0.192. The molecular formula is C26H23N7O2S. The predicted octanol–water partition coefficient (Wildman–Crippen LogP) is 3.79. The zero-order chi connectivity index (χ0) is 24.5. The van der Waals surface area contributed by atoms with Gasteiger partial charge in [0.1, 0.15) is 15.9 Å². The number of aryl methyl sites for hydroxylation is 1. The number of fused-ring (bicyclic) bond motifs is 5. The van der Waals surface area contributed by atoms with Crippen molar-refractivity contribution in [2.45, 2.75) is 25.8 Å². The first-order valence-electron chi connectivity index (χ1n) is 11.8. The average molecular weight is 498 g/mol. The SMILES string of the molecule is O=C(CCCn1c(=O)c2sc3ccccc3c2n2nnc(-c3ccccc3)c12)NCCc1cnc[nH]1. The summed E-state index contributed by atoms with van der Waals surface area (Å²) in [6.07, 6.45) is 4.89. The van der Waals surface area contributed by atoms with Gasteiger partial charge in [0, 0.05) is 53.5 Å². The van der Waals surface area contributed by atoms with Crippen LogP contribution in [0.5, 0.6) is 0 Å². The molecule has 36 heavy (non-hydrogen) atoms. The van der Waals surface area contributed by atoms with E-state index in [0.717, 1.165) is 26.9 Å². The molecule has 0 aliphatic carbocycles. The highest BCUT2D eigenvalue weighted by Crippen LogP contribution is 2.33. The Morgan fingerprint density at radius 3 is 2.75 bits per heavy atom. The minimum atomic E-state index is -0.0853. The number of hydrogen-bond acceptors (Lipinski definition) is 6. The van der Waals surface area contributed by atoms with Crippen molar-refractivity contribution in [1.82, 2.24) is 34.7 Å². The number of nitrogens with zero attached hydrogens (tertiary/aromatic N) is 5. The van der Waals surface area contributed by atoms with E-state index in [9.17, 15) is 9.59 Å². The van der Waals surface area contributed by atoms with Gasteiger partial charge in [-0.25, -0.2) is 4.98 Å². The molecule has 0 fully saturated rings. The summed E-state index contributed by atoms with van der Waals surface area (Å²) in [6.45, 7) is 0.914. The number of amides is 1. The van der Waals surface area contributed by atoms with Gasteiger partial charge in [0.15, 0.2) is 5.65 Å². The summed E-state index contributed by atoms with van der Waals surface area (Å²) in [6, 6.07) is 17.7. The Morgan fingerprint density at radius 1 is 1.08 bits per heavy atom. The van der Waals surface area contributed by atoms with Crippen molar-refractivity contribution in [1.29, 1.82) is 0 Å². The van der Waals surface area contributed by atoms with Gasteiger partial charge < -0.3 is 10.3 Å². The number of nitrogens with one attached hydrogen (secondary N) is 2. The molecular weight excluding hydrogens is 474 g/mol. The van der Waals surface area contributed by atoms with Crippen LogP contribution in [0.4, 0.5) is 0 Å². The van der Waals surface area contributed by atoms with Gasteiger partial charge in [-0.3, -0.25) is 14.2 Å². The number of aromatic amines is 1. The van der Waals surface area contributed by atoms with E-state index in [1.165, 1.54) is 11.3 Å². The van der Waals surface area contributed by atoms with Crippen molar-refractivity contribution < 1.29 is 4.79 Å². The number of carbonyl (C=O) groups is 1. The summed E-state index contributed by atoms with van der Waals surface area (Å²) in [5.74, 6) is -0.0450. The molecule has 0 atom stereocenters. The maximum Gasteiger partial charge on any atom is 0.271 e. The molecule has 6 rings (SSSR count). The second-order valence-electron chi connectivity index (χ2n) is 8.55. The Balaban J connectivity index is 1.34. The summed E-state index contributed by atoms with van der Waals surface area (Å²) >= 11 is 1.46. The summed E-state index contributed by atoms with van der Waals surface area (Å²) in [4.78, 5) is 33.2. The van der Waals surface area contributed by atoms with Crippen LogP contribution >= 0.6 is 11.3 Å². The highest BCUT2D eigenvalue weighted by molar-refractivity contribution is 7.25. The van der Waals surface area contributed by atoms with Crippen molar-refractivity contribution in [2.24, 2.45) is 0 Å². The van der Waals surface area contributed by atoms with Crippen LogP contribution in [0.15, 0.2) is 71.9 Å². The summed E-state index contributed by atoms with van der Waals surface area (Å²) < 4.78 is 5.16. The van der Waals surface area contributed by atoms with E-state index in [2.05, 4.69) is 25.6 Å². The van der Waals surface area contributed by atoms with Gasteiger partial charge in [0.25, 0.3) is 5.56 Å². The van der Waals surface area contributed by atoms with Crippen LogP contribution in [-0.4, -0.2) is 41.8 Å². The standard InChI is InChI=1S/C26H23N7O2S/c34-21(28-13-12-18-15-27-16-29-18)11-6-14-32-25-22(17-7-2-1-3-8-17)30-31-33(25)23-19-9-4-5-10-20(19)36-24(23)26(32)35/h1-5,7-10,15-16H,6,11-14H2,(H,27,29)(H,28,34). The van der Waals surface area contributed by atoms with E-state index in [-0.39, 0.29) is 11.5 Å². The lowest BCUT2D eigenvalue weighted by Crippen LogP contribution is -2.27. The molecule has 10 heteroatoms. The van der Waals surface area contributed by atoms with Crippen LogP contribution in [0.25, 0.3) is 37.2 Å². The number of benzene rings is 2. The molecule has 0 aliphatic rings. The van der Waals surface area contributed by atoms with Gasteiger partial charge in [-0.05, 0) is 12.5 Å². The van der Waals surface area contributed by atoms with Crippen LogP contribution < -0.4 is 10.9 Å². The second kappa shape index (κ2) is 9.38. The molecule has 2 aromatic carbocycles. The Bertz CT molecular complexity index is 1730. The molecule has 1 amide bonds. The zero-order valence-electron chi connectivity index (χ0n) is 19.3. The summed E-state index contributed by atoms with van der Waals surface area (Å²) in [5.41, 5.74) is 3.84. The van der Waals surface area contributed by atoms with Gasteiger partial charge in [-0.15, -0.1) is 16.4 Å². The molecule has 4 aromatic heterocycles. The Kier molecular flexibility index (Phi) is 5.78. The first kappa shape index (κ1) is 22.2. The Hall–Kier alpha value is -4.31. The first-order valence-corrected chi connectivity index (χ1v) is 12.6. The van der Waals surface area contributed by atoms with E-state index >= 15 is 0 Å². The number of hydrogen-bond donors (Lipinski definition) is 2. The van der Waals surface area contributed by atoms with E-state index in [1.807, 2.05) is 54.6 Å². The fourth-order valence-corrected chi connectivity index (χ4v) is 5.64. The molecule has 0 bridgehead atoms. The van der Waals surface area contributed by atoms with E-state index < -0.39 is 0 Å². The van der Waals surface area contributed by atoms with Gasteiger partial charge in [0.05, 0.1) is 6.33 Å². The third kappa shape index (κ3) is 3.95. The predicted molar refractivity (Wildman–Crippen MR) is 140 cm³/mol. The van der Waals surface area contributed by atoms with Crippen molar-refractivity contribution in [3.63, 3.8) is 0 Å². The molecule has 0 radical (unpaired) electrons. The molecule has 4 heterocycles. The normalized spacial score (nSPS) is 11.6. The molecule has 9 nitrogen and oxygen atoms in total. The molecule has 0 saturated carbocycles. The second-order valence-corrected chi connectivity index (χ2v) is 9.60. The third-order valence-electron chi connectivity index (χ3n) is 6.23. The number of aromatic nitrogens is 6. The van der Waals surface area contributed by atoms with Gasteiger partial charge in [-0.1, -0.05) is 53.7 Å². The van der Waals surface area contributed by atoms with Gasteiger partial charge in [-0.2, -0.15) is 4.52 Å². The summed E-state index contributed by atoms with van der Waals surface area (Å²) in [7, 11) is 0. The van der Waals surface area contributed by atoms with Gasteiger partial charge in [0.2, 0.25) is 5.91 Å². The molecule has 180 valence electrons. The van der Waals surface area contributed by atoms with Crippen LogP contribution in [0.1, 0.15) is 18.5 Å². The summed E-state index contributed by atoms with van der Waals surface area (Å²) in [5, 5.41) is 12.9. The van der Waals surface area contributed by atoms with E-state index in [0.29, 0.717) is 48.4 Å². The minimum Gasteiger partial charge on any atom is -0.356 e. The quantitative estimate of drug-likeness (QED) is 0.333. The highest BCUT2D eigenvalue weighted by atomic mass is 32.1. The number of H-pyrrole nitrogens is 1. The van der Waals surface area contributed by atoms with Crippen molar-refractivity contribution in [2.75, 3.05) is 6.54 Å². The van der Waals surface area contributed by atoms with Crippen molar-refractivity contribution in [3.05, 3.63) is 83.2 Å². The topological polar surface area (TPSA) is 110 Å². The average Bonchev–Trinajstić information content (AvgIpc) is 3.65. The zero-order valence-corrected chi connectivity index (χ0v) is 20.2. The molecule has 0 unspecified atom stereocenters. The Morgan fingerprint density at radius 2 is 1.92 bits per heavy atom. The number of rotatable bonds is 8. The lowest BCUT2D eigenvalue weighted by Gasteiger charge is -2.11. The van der Waals surface area contributed by atoms with Crippen LogP contribution in [0.3, 0.4) is 0 Å². The number of imidazole rings is 1. The largest absolute Gasteiger partial charge is 0.356 e. The molecule has 2 N–H and O–H groups in total. The van der Waals surface area contributed by atoms with Crippen molar-refractivity contribution in [3.8, 4) is 11.3 Å². The molecule has 6 aromatic rings. The monoisotopic (exact) mass is 497 g/mol. The van der Waals surface area contributed by atoms with Crippen LogP contribution in [0.2, 0.25) is 0 Å². The van der Waals surface area contributed by atoms with Crippen molar-refractivity contribution >= 4 is 43.2 Å². The molecule has 0 aliphatic heterocycles. The van der Waals surface area contributed by atoms with Crippen LogP contribution in [-0.2, 0) is 17.8 Å². The molecule has 0 spiro atoms. The van der Waals surface area contributed by atoms with E-state index in [4.69, 9.17) is 0 Å². The number of thiophene rings is 1. The van der Waals surface area contributed by atoms with E-state index in [1.54, 1.807) is 21.6 Å². The van der Waals surface area contributed by atoms with Gasteiger partial charge >= 0.3 is 0 Å². The smallest absolute Gasteiger partial charge is 0.271 e. The Labute approximate surface area is 209 Å². The minimum absolute atomic E-state index is 0.0450. The maximum absolute atomic E-state index is 13.8. The first-order chi connectivity index (χ1) is 17.7. The van der Waals surface area contributed by atoms with Crippen LogP contribution in [0, 0.1) is 0 Å². The fourth-order valence-electron chi connectivity index (χ4n) is 4.51. The highest BCUT2D eigenvalue weighted by Gasteiger charge is 2.21. The third-order valence-corrected chi connectivity index (χ3v) is 7.37. The lowest BCUT2D eigenvalue weighted by molar-refractivity contribution is -0.121. The molecule has 0 saturated heterocycles. The lowest BCUT2D eigenvalue weighted by atomic mass is 10.1. The number of carbonyl (C=O) groups excluding carboxylic acids is 1. The maximum atomic E-state index is 13.8.